The third kappa shape index (κ3) is 4.90. The summed E-state index contributed by atoms with van der Waals surface area (Å²) < 4.78 is 0. The fourth-order valence-corrected chi connectivity index (χ4v) is 1.81. The zero-order valence-electron chi connectivity index (χ0n) is 9.17. The molecule has 1 aromatic rings. The zero-order valence-corrected chi connectivity index (χ0v) is 9.99. The van der Waals surface area contributed by atoms with E-state index in [1.54, 1.807) is 11.3 Å². The third-order valence-electron chi connectivity index (χ3n) is 1.82. The number of nitrogens with zero attached hydrogens (tertiary/aromatic N) is 1. The number of aromatic nitrogens is 1. The Hall–Kier alpha value is -0.940. The Morgan fingerprint density at radius 3 is 3.00 bits per heavy atom. The molecule has 0 unspecified atom stereocenters. The summed E-state index contributed by atoms with van der Waals surface area (Å²) in [6.45, 7) is 5.82. The Morgan fingerprint density at radius 1 is 1.60 bits per heavy atom. The maximum absolute atomic E-state index is 11.3. The van der Waals surface area contributed by atoms with Gasteiger partial charge in [0.05, 0.1) is 13.1 Å². The van der Waals surface area contributed by atoms with Gasteiger partial charge in [-0.1, -0.05) is 6.92 Å². The summed E-state index contributed by atoms with van der Waals surface area (Å²) in [5.74, 6) is 0.0244. The highest BCUT2D eigenvalue weighted by Crippen LogP contribution is 2.07. The number of hydrogen-bond acceptors (Lipinski definition) is 4. The molecule has 0 aliphatic heterocycles. The van der Waals surface area contributed by atoms with Gasteiger partial charge in [0, 0.05) is 11.1 Å². The van der Waals surface area contributed by atoms with E-state index in [0.29, 0.717) is 13.1 Å². The lowest BCUT2D eigenvalue weighted by Crippen LogP contribution is -2.33. The van der Waals surface area contributed by atoms with Crippen molar-refractivity contribution in [1.29, 1.82) is 0 Å². The summed E-state index contributed by atoms with van der Waals surface area (Å²) in [5, 5.41) is 8.80. The van der Waals surface area contributed by atoms with Crippen molar-refractivity contribution in [1.82, 2.24) is 15.6 Å². The summed E-state index contributed by atoms with van der Waals surface area (Å²) in [6, 6.07) is 0. The van der Waals surface area contributed by atoms with Crippen LogP contribution < -0.4 is 10.6 Å². The normalized spacial score (nSPS) is 10.3. The molecule has 1 rings (SSSR count). The van der Waals surface area contributed by atoms with Gasteiger partial charge < -0.3 is 10.6 Å². The molecule has 84 valence electrons. The maximum atomic E-state index is 11.3. The zero-order chi connectivity index (χ0) is 11.1. The van der Waals surface area contributed by atoms with E-state index in [2.05, 4.69) is 22.5 Å². The van der Waals surface area contributed by atoms with E-state index in [4.69, 9.17) is 0 Å². The molecule has 1 amide bonds. The lowest BCUT2D eigenvalue weighted by Gasteiger charge is -2.03. The van der Waals surface area contributed by atoms with Crippen molar-refractivity contribution < 1.29 is 4.79 Å². The van der Waals surface area contributed by atoms with Crippen LogP contribution in [0.4, 0.5) is 0 Å². The quantitative estimate of drug-likeness (QED) is 0.715. The van der Waals surface area contributed by atoms with Crippen molar-refractivity contribution in [3.8, 4) is 0 Å². The van der Waals surface area contributed by atoms with E-state index in [1.165, 1.54) is 0 Å². The fraction of sp³-hybridized carbons (Fsp3) is 0.600. The lowest BCUT2D eigenvalue weighted by atomic mass is 10.4. The molecule has 0 aliphatic rings. The highest BCUT2D eigenvalue weighted by Gasteiger charge is 2.02. The number of rotatable bonds is 6. The van der Waals surface area contributed by atoms with Gasteiger partial charge in [-0.15, -0.1) is 11.3 Å². The van der Waals surface area contributed by atoms with Crippen LogP contribution >= 0.6 is 11.3 Å². The van der Waals surface area contributed by atoms with Crippen molar-refractivity contribution in [2.45, 2.75) is 26.8 Å². The molecule has 0 radical (unpaired) electrons. The van der Waals surface area contributed by atoms with E-state index in [0.717, 1.165) is 23.7 Å². The van der Waals surface area contributed by atoms with Crippen LogP contribution in [0.25, 0.3) is 0 Å². The minimum absolute atomic E-state index is 0.0244. The minimum Gasteiger partial charge on any atom is -0.348 e. The maximum Gasteiger partial charge on any atom is 0.234 e. The summed E-state index contributed by atoms with van der Waals surface area (Å²) in [4.78, 5) is 15.6. The van der Waals surface area contributed by atoms with Crippen LogP contribution in [0.15, 0.2) is 5.38 Å². The molecule has 0 saturated carbocycles. The van der Waals surface area contributed by atoms with Gasteiger partial charge in [-0.05, 0) is 19.9 Å². The Kier molecular flexibility index (Phi) is 5.28. The number of carbonyl (C=O) groups is 1. The van der Waals surface area contributed by atoms with Crippen molar-refractivity contribution in [3.05, 3.63) is 16.1 Å². The summed E-state index contributed by atoms with van der Waals surface area (Å²) in [6.07, 6.45) is 1.04. The number of nitrogens with one attached hydrogen (secondary N) is 2. The molecule has 0 aromatic carbocycles. The first kappa shape index (κ1) is 12.1. The summed E-state index contributed by atoms with van der Waals surface area (Å²) >= 11 is 1.57. The smallest absolute Gasteiger partial charge is 0.234 e. The van der Waals surface area contributed by atoms with E-state index >= 15 is 0 Å². The predicted octanol–water partition coefficient (Wildman–Crippen LogP) is 1.07. The summed E-state index contributed by atoms with van der Waals surface area (Å²) in [5.41, 5.74) is 1.01. The van der Waals surface area contributed by atoms with E-state index in [9.17, 15) is 4.79 Å². The first-order chi connectivity index (χ1) is 7.22. The van der Waals surface area contributed by atoms with Crippen molar-refractivity contribution in [3.63, 3.8) is 0 Å². The van der Waals surface area contributed by atoms with Crippen LogP contribution in [0.5, 0.6) is 0 Å². The molecule has 0 spiro atoms. The highest BCUT2D eigenvalue weighted by molar-refractivity contribution is 7.09. The van der Waals surface area contributed by atoms with Crippen LogP contribution in [-0.2, 0) is 11.3 Å². The van der Waals surface area contributed by atoms with Gasteiger partial charge in [0.2, 0.25) is 5.91 Å². The highest BCUT2D eigenvalue weighted by atomic mass is 32.1. The molecule has 0 atom stereocenters. The van der Waals surface area contributed by atoms with Gasteiger partial charge in [0.25, 0.3) is 0 Å². The molecule has 15 heavy (non-hydrogen) atoms. The molecule has 2 N–H and O–H groups in total. The average molecular weight is 227 g/mol. The molecule has 4 nitrogen and oxygen atoms in total. The van der Waals surface area contributed by atoms with E-state index in [1.807, 2.05) is 12.3 Å². The SMILES string of the molecule is CCCNCC(=O)NCc1nc(C)cs1. The van der Waals surface area contributed by atoms with Crippen molar-refractivity contribution in [2.75, 3.05) is 13.1 Å². The molecule has 0 fully saturated rings. The van der Waals surface area contributed by atoms with Gasteiger partial charge in [-0.3, -0.25) is 4.79 Å². The molecular formula is C10H17N3OS. The van der Waals surface area contributed by atoms with Crippen LogP contribution in [0.1, 0.15) is 24.0 Å². The standard InChI is InChI=1S/C10H17N3OS/c1-3-4-11-5-9(14)12-6-10-13-8(2)7-15-10/h7,11H,3-6H2,1-2H3,(H,12,14). The Labute approximate surface area is 94.1 Å². The Morgan fingerprint density at radius 2 is 2.40 bits per heavy atom. The fourth-order valence-electron chi connectivity index (χ4n) is 1.10. The van der Waals surface area contributed by atoms with Gasteiger partial charge in [0.15, 0.2) is 0 Å². The van der Waals surface area contributed by atoms with Crippen molar-refractivity contribution >= 4 is 17.2 Å². The average Bonchev–Trinajstić information content (AvgIpc) is 2.62. The molecule has 0 bridgehead atoms. The van der Waals surface area contributed by atoms with Crippen LogP contribution in [0.2, 0.25) is 0 Å². The lowest BCUT2D eigenvalue weighted by molar-refractivity contribution is -0.120. The molecule has 0 aliphatic carbocycles. The Bertz CT molecular complexity index is 311. The Balaban J connectivity index is 2.16. The van der Waals surface area contributed by atoms with Gasteiger partial charge in [0.1, 0.15) is 5.01 Å². The third-order valence-corrected chi connectivity index (χ3v) is 2.78. The second kappa shape index (κ2) is 6.53. The molecule has 1 heterocycles. The molecule has 1 aromatic heterocycles. The second-order valence-electron chi connectivity index (χ2n) is 3.34. The van der Waals surface area contributed by atoms with Crippen LogP contribution in [0, 0.1) is 6.92 Å². The van der Waals surface area contributed by atoms with Crippen molar-refractivity contribution in [2.24, 2.45) is 0 Å². The van der Waals surface area contributed by atoms with E-state index in [-0.39, 0.29) is 5.91 Å². The predicted molar refractivity (Wildman–Crippen MR) is 61.9 cm³/mol. The largest absolute Gasteiger partial charge is 0.348 e. The topological polar surface area (TPSA) is 54.0 Å². The number of thiazole rings is 1. The molecule has 0 saturated heterocycles. The number of carbonyl (C=O) groups excluding carboxylic acids is 1. The van der Waals surface area contributed by atoms with E-state index < -0.39 is 0 Å². The van der Waals surface area contributed by atoms with Gasteiger partial charge in [-0.2, -0.15) is 0 Å². The van der Waals surface area contributed by atoms with Crippen LogP contribution in [0.3, 0.4) is 0 Å². The molecular weight excluding hydrogens is 210 g/mol. The van der Waals surface area contributed by atoms with Crippen LogP contribution in [-0.4, -0.2) is 24.0 Å². The number of amides is 1. The number of aryl methyl sites for hydroxylation is 1. The second-order valence-corrected chi connectivity index (χ2v) is 4.28. The first-order valence-corrected chi connectivity index (χ1v) is 5.98. The minimum atomic E-state index is 0.0244. The number of hydrogen-bond donors (Lipinski definition) is 2. The van der Waals surface area contributed by atoms with Gasteiger partial charge >= 0.3 is 0 Å². The first-order valence-electron chi connectivity index (χ1n) is 5.10. The van der Waals surface area contributed by atoms with Gasteiger partial charge in [-0.25, -0.2) is 4.98 Å². The monoisotopic (exact) mass is 227 g/mol. The molecule has 5 heteroatoms. The summed E-state index contributed by atoms with van der Waals surface area (Å²) in [7, 11) is 0.